The number of hydrogen-bond donors (Lipinski definition) is 1. The van der Waals surface area contributed by atoms with Gasteiger partial charge in [-0.2, -0.15) is 0 Å². The monoisotopic (exact) mass is 356 g/mol. The number of rotatable bonds is 8. The maximum atomic E-state index is 12.4. The lowest BCUT2D eigenvalue weighted by atomic mass is 9.97. The summed E-state index contributed by atoms with van der Waals surface area (Å²) >= 11 is 11.7. The van der Waals surface area contributed by atoms with Crippen molar-refractivity contribution in [3.8, 4) is 18.1 Å². The quantitative estimate of drug-likeness (QED) is 0.430. The molecular weight excluding hydrogens is 335 g/mol. The first-order valence-corrected chi connectivity index (χ1v) is 8.28. The van der Waals surface area contributed by atoms with Gasteiger partial charge in [-0.05, 0) is 33.1 Å². The summed E-state index contributed by atoms with van der Waals surface area (Å²) in [5.74, 6) is 2.84. The molecular formula is C17H22Cl2N2O2. The van der Waals surface area contributed by atoms with Crippen molar-refractivity contribution in [3.05, 3.63) is 22.4 Å². The average Bonchev–Trinajstić information content (AvgIpc) is 2.43. The zero-order valence-corrected chi connectivity index (χ0v) is 15.2. The zero-order valence-electron chi connectivity index (χ0n) is 13.7. The Balaban J connectivity index is 2.69. The molecule has 23 heavy (non-hydrogen) atoms. The van der Waals surface area contributed by atoms with Gasteiger partial charge in [-0.25, -0.2) is 4.98 Å². The second-order valence-electron chi connectivity index (χ2n) is 5.89. The molecule has 0 saturated carbocycles. The first-order chi connectivity index (χ1) is 10.8. The first-order valence-electron chi connectivity index (χ1n) is 7.52. The fourth-order valence-electron chi connectivity index (χ4n) is 2.11. The molecule has 0 bridgehead atoms. The normalized spacial score (nSPS) is 12.3. The summed E-state index contributed by atoms with van der Waals surface area (Å²) in [6.07, 6.45) is 7.50. The van der Waals surface area contributed by atoms with Gasteiger partial charge < -0.3 is 10.1 Å². The van der Waals surface area contributed by atoms with Crippen LogP contribution < -0.4 is 10.1 Å². The van der Waals surface area contributed by atoms with Crippen LogP contribution in [0.25, 0.3) is 0 Å². The van der Waals surface area contributed by atoms with E-state index in [0.717, 1.165) is 12.8 Å². The number of aromatic nitrogens is 1. The van der Waals surface area contributed by atoms with Gasteiger partial charge in [0.05, 0.1) is 0 Å². The Morgan fingerprint density at radius 3 is 2.57 bits per heavy atom. The highest BCUT2D eigenvalue weighted by atomic mass is 35.5. The van der Waals surface area contributed by atoms with Crippen LogP contribution in [0.4, 0.5) is 0 Å². The average molecular weight is 357 g/mol. The predicted molar refractivity (Wildman–Crippen MR) is 93.9 cm³/mol. The topological polar surface area (TPSA) is 51.2 Å². The lowest BCUT2D eigenvalue weighted by Gasteiger charge is -2.28. The van der Waals surface area contributed by atoms with Gasteiger partial charge >= 0.3 is 0 Å². The molecule has 0 aliphatic heterocycles. The number of pyridine rings is 1. The molecule has 0 aromatic carbocycles. The summed E-state index contributed by atoms with van der Waals surface area (Å²) in [4.78, 5) is 16.3. The van der Waals surface area contributed by atoms with E-state index in [2.05, 4.69) is 16.2 Å². The number of halogens is 2. The van der Waals surface area contributed by atoms with Gasteiger partial charge in [0.2, 0.25) is 0 Å². The molecule has 1 unspecified atom stereocenters. The minimum Gasteiger partial charge on any atom is -0.480 e. The number of hydrogen-bond acceptors (Lipinski definition) is 3. The van der Waals surface area contributed by atoms with Crippen LogP contribution in [0, 0.1) is 12.3 Å². The van der Waals surface area contributed by atoms with E-state index < -0.39 is 6.10 Å². The van der Waals surface area contributed by atoms with Crippen molar-refractivity contribution in [2.24, 2.45) is 0 Å². The third-order valence-corrected chi connectivity index (χ3v) is 3.65. The molecule has 1 atom stereocenters. The number of carbonyl (C=O) groups excluding carboxylic acids is 1. The minimum absolute atomic E-state index is 0.178. The van der Waals surface area contributed by atoms with Crippen LogP contribution in [-0.4, -0.2) is 22.5 Å². The number of nitrogens with one attached hydrogen (secondary N) is 1. The Morgan fingerprint density at radius 2 is 2.04 bits per heavy atom. The van der Waals surface area contributed by atoms with E-state index in [-0.39, 0.29) is 21.8 Å². The molecule has 0 aliphatic carbocycles. The van der Waals surface area contributed by atoms with Crippen molar-refractivity contribution in [2.45, 2.75) is 58.1 Å². The third-order valence-electron chi connectivity index (χ3n) is 3.26. The second kappa shape index (κ2) is 9.00. The smallest absolute Gasteiger partial charge is 0.261 e. The van der Waals surface area contributed by atoms with E-state index in [4.69, 9.17) is 34.4 Å². The second-order valence-corrected chi connectivity index (χ2v) is 6.67. The number of ether oxygens (including phenoxy) is 1. The van der Waals surface area contributed by atoms with Crippen molar-refractivity contribution < 1.29 is 9.53 Å². The van der Waals surface area contributed by atoms with E-state index in [1.807, 2.05) is 20.8 Å². The van der Waals surface area contributed by atoms with Crippen molar-refractivity contribution in [3.63, 3.8) is 0 Å². The molecule has 0 radical (unpaired) electrons. The molecule has 1 N–H and O–H groups in total. The number of amides is 1. The van der Waals surface area contributed by atoms with Gasteiger partial charge in [0, 0.05) is 24.1 Å². The van der Waals surface area contributed by atoms with E-state index in [1.54, 1.807) is 0 Å². The van der Waals surface area contributed by atoms with E-state index >= 15 is 0 Å². The van der Waals surface area contributed by atoms with Crippen LogP contribution in [-0.2, 0) is 4.79 Å². The highest BCUT2D eigenvalue weighted by Crippen LogP contribution is 2.22. The third kappa shape index (κ3) is 7.11. The van der Waals surface area contributed by atoms with E-state index in [1.165, 1.54) is 12.1 Å². The highest BCUT2D eigenvalue weighted by Gasteiger charge is 2.26. The standard InChI is InChI=1S/C17H22Cl2N2O2/c1-5-7-8-9-17(3,4)21-16(22)13(6-2)23-12-10-14(18)20-15(19)11-12/h1,10-11,13H,6-9H2,2-4H3,(H,21,22). The summed E-state index contributed by atoms with van der Waals surface area (Å²) in [5.41, 5.74) is -0.349. The minimum atomic E-state index is -0.628. The maximum Gasteiger partial charge on any atom is 0.261 e. The number of terminal acetylenes is 1. The van der Waals surface area contributed by atoms with Gasteiger partial charge in [-0.15, -0.1) is 12.3 Å². The Bertz CT molecular complexity index is 562. The van der Waals surface area contributed by atoms with Gasteiger partial charge in [-0.1, -0.05) is 30.1 Å². The van der Waals surface area contributed by atoms with Crippen LogP contribution in [0.1, 0.15) is 46.5 Å². The summed E-state index contributed by atoms with van der Waals surface area (Å²) in [7, 11) is 0. The van der Waals surface area contributed by atoms with E-state index in [0.29, 0.717) is 18.6 Å². The van der Waals surface area contributed by atoms with Crippen LogP contribution in [0.3, 0.4) is 0 Å². The van der Waals surface area contributed by atoms with Crippen LogP contribution in [0.5, 0.6) is 5.75 Å². The van der Waals surface area contributed by atoms with E-state index in [9.17, 15) is 4.79 Å². The SMILES string of the molecule is C#CCCCC(C)(C)NC(=O)C(CC)Oc1cc(Cl)nc(Cl)c1. The fraction of sp³-hybridized carbons (Fsp3) is 0.529. The number of unbranched alkanes of at least 4 members (excludes halogenated alkanes) is 1. The molecule has 126 valence electrons. The summed E-state index contributed by atoms with van der Waals surface area (Å²) in [6, 6.07) is 3.06. The van der Waals surface area contributed by atoms with Crippen molar-refractivity contribution >= 4 is 29.1 Å². The summed E-state index contributed by atoms with van der Waals surface area (Å²) in [6.45, 7) is 5.81. The Labute approximate surface area is 147 Å². The molecule has 4 nitrogen and oxygen atoms in total. The van der Waals surface area contributed by atoms with Gasteiger partial charge in [0.25, 0.3) is 5.91 Å². The Hall–Kier alpha value is -1.44. The van der Waals surface area contributed by atoms with Crippen molar-refractivity contribution in [2.75, 3.05) is 0 Å². The molecule has 1 heterocycles. The zero-order chi connectivity index (χ0) is 17.5. The summed E-state index contributed by atoms with van der Waals surface area (Å²) in [5, 5.41) is 3.44. The van der Waals surface area contributed by atoms with Gasteiger partial charge in [0.1, 0.15) is 16.1 Å². The summed E-state index contributed by atoms with van der Waals surface area (Å²) < 4.78 is 5.71. The first kappa shape index (κ1) is 19.6. The van der Waals surface area contributed by atoms with Crippen molar-refractivity contribution in [1.82, 2.24) is 10.3 Å². The van der Waals surface area contributed by atoms with Crippen LogP contribution >= 0.6 is 23.2 Å². The molecule has 0 saturated heterocycles. The molecule has 6 heteroatoms. The predicted octanol–water partition coefficient (Wildman–Crippen LogP) is 4.24. The number of nitrogens with zero attached hydrogens (tertiary/aromatic N) is 1. The van der Waals surface area contributed by atoms with Crippen LogP contribution in [0.2, 0.25) is 10.3 Å². The maximum absolute atomic E-state index is 12.4. The fourth-order valence-corrected chi connectivity index (χ4v) is 2.55. The molecule has 1 rings (SSSR count). The molecule has 1 amide bonds. The molecule has 0 spiro atoms. The Morgan fingerprint density at radius 1 is 1.43 bits per heavy atom. The molecule has 0 aliphatic rings. The van der Waals surface area contributed by atoms with Crippen molar-refractivity contribution in [1.29, 1.82) is 0 Å². The molecule has 0 fully saturated rings. The van der Waals surface area contributed by atoms with Gasteiger partial charge in [-0.3, -0.25) is 4.79 Å². The van der Waals surface area contributed by atoms with Gasteiger partial charge in [0.15, 0.2) is 6.10 Å². The lowest BCUT2D eigenvalue weighted by molar-refractivity contribution is -0.129. The highest BCUT2D eigenvalue weighted by molar-refractivity contribution is 6.32. The Kier molecular flexibility index (Phi) is 7.67. The molecule has 1 aromatic rings. The largest absolute Gasteiger partial charge is 0.480 e. The number of carbonyl (C=O) groups is 1. The molecule has 1 aromatic heterocycles. The van der Waals surface area contributed by atoms with Crippen LogP contribution in [0.15, 0.2) is 12.1 Å². The lowest BCUT2D eigenvalue weighted by Crippen LogP contribution is -2.49.